The van der Waals surface area contributed by atoms with Gasteiger partial charge in [-0.05, 0) is 25.5 Å². The normalized spacial score (nSPS) is 20.6. The van der Waals surface area contributed by atoms with Gasteiger partial charge in [0.2, 0.25) is 5.91 Å². The summed E-state index contributed by atoms with van der Waals surface area (Å²) in [5.74, 6) is 0.156. The van der Waals surface area contributed by atoms with E-state index in [1.807, 2.05) is 18.2 Å². The molecule has 5 nitrogen and oxygen atoms in total. The lowest BCUT2D eigenvalue weighted by molar-refractivity contribution is -0.139. The van der Waals surface area contributed by atoms with E-state index in [9.17, 15) is 9.59 Å². The lowest BCUT2D eigenvalue weighted by Gasteiger charge is -2.39. The van der Waals surface area contributed by atoms with Crippen LogP contribution >= 0.6 is 23.4 Å². The van der Waals surface area contributed by atoms with Crippen LogP contribution in [-0.2, 0) is 14.3 Å². The lowest BCUT2D eigenvalue weighted by atomic mass is 9.94. The number of carbonyl (C=O) groups is 2. The van der Waals surface area contributed by atoms with E-state index in [4.69, 9.17) is 16.3 Å². The van der Waals surface area contributed by atoms with Crippen molar-refractivity contribution < 1.29 is 14.3 Å². The second kappa shape index (κ2) is 6.99. The third kappa shape index (κ3) is 2.96. The van der Waals surface area contributed by atoms with Crippen LogP contribution in [0, 0.1) is 0 Å². The summed E-state index contributed by atoms with van der Waals surface area (Å²) >= 11 is 7.88. The number of amidine groups is 1. The van der Waals surface area contributed by atoms with Crippen LogP contribution in [0.4, 0.5) is 0 Å². The lowest BCUT2D eigenvalue weighted by Crippen LogP contribution is -2.46. The van der Waals surface area contributed by atoms with Gasteiger partial charge in [0, 0.05) is 17.2 Å². The summed E-state index contributed by atoms with van der Waals surface area (Å²) in [5, 5.41) is 1.11. The molecule has 0 aromatic heterocycles. The Kier molecular flexibility index (Phi) is 4.96. The average molecular weight is 365 g/mol. The van der Waals surface area contributed by atoms with Gasteiger partial charge in [-0.25, -0.2) is 9.79 Å². The molecular formula is C17H17ClN2O3S. The number of benzene rings is 1. The number of amides is 1. The predicted octanol–water partition coefficient (Wildman–Crippen LogP) is 3.55. The van der Waals surface area contributed by atoms with Crippen LogP contribution in [0.15, 0.2) is 40.5 Å². The fourth-order valence-corrected chi connectivity index (χ4v) is 4.10. The van der Waals surface area contributed by atoms with Crippen LogP contribution in [0.2, 0.25) is 5.02 Å². The first-order valence-electron chi connectivity index (χ1n) is 7.70. The summed E-state index contributed by atoms with van der Waals surface area (Å²) in [4.78, 5) is 31.2. The number of thioether (sulfide) groups is 1. The highest BCUT2D eigenvalue weighted by atomic mass is 35.5. The maximum absolute atomic E-state index is 12.6. The van der Waals surface area contributed by atoms with Gasteiger partial charge in [0.1, 0.15) is 0 Å². The van der Waals surface area contributed by atoms with Crippen molar-refractivity contribution in [2.45, 2.75) is 26.3 Å². The van der Waals surface area contributed by atoms with E-state index in [-0.39, 0.29) is 12.5 Å². The minimum Gasteiger partial charge on any atom is -0.463 e. The number of esters is 1. The molecule has 2 aliphatic heterocycles. The molecule has 1 aromatic rings. The summed E-state index contributed by atoms with van der Waals surface area (Å²) in [6.07, 6.45) is 0.403. The molecule has 24 heavy (non-hydrogen) atoms. The van der Waals surface area contributed by atoms with Gasteiger partial charge in [-0.3, -0.25) is 9.69 Å². The molecule has 0 saturated carbocycles. The van der Waals surface area contributed by atoms with E-state index in [1.165, 1.54) is 11.8 Å². The Morgan fingerprint density at radius 3 is 2.92 bits per heavy atom. The van der Waals surface area contributed by atoms with Crippen molar-refractivity contribution in [3.8, 4) is 0 Å². The molecule has 0 radical (unpaired) electrons. The highest BCUT2D eigenvalue weighted by Gasteiger charge is 2.42. The molecule has 1 fully saturated rings. The van der Waals surface area contributed by atoms with Gasteiger partial charge in [-0.2, -0.15) is 0 Å². The summed E-state index contributed by atoms with van der Waals surface area (Å²) in [6, 6.07) is 6.63. The Morgan fingerprint density at radius 1 is 1.46 bits per heavy atom. The largest absolute Gasteiger partial charge is 0.463 e. The third-order valence-electron chi connectivity index (χ3n) is 3.90. The van der Waals surface area contributed by atoms with Gasteiger partial charge in [-0.1, -0.05) is 41.6 Å². The predicted molar refractivity (Wildman–Crippen MR) is 94.9 cm³/mol. The number of nitrogens with zero attached hydrogens (tertiary/aromatic N) is 2. The average Bonchev–Trinajstić information content (AvgIpc) is 2.54. The van der Waals surface area contributed by atoms with Crippen molar-refractivity contribution in [1.29, 1.82) is 0 Å². The number of aliphatic imine (C=N–C) groups is 1. The molecule has 126 valence electrons. The number of allylic oxidation sites excluding steroid dienone is 1. The van der Waals surface area contributed by atoms with Crippen LogP contribution in [-0.4, -0.2) is 34.3 Å². The van der Waals surface area contributed by atoms with E-state index in [1.54, 1.807) is 24.8 Å². The molecule has 0 spiro atoms. The van der Waals surface area contributed by atoms with Crippen molar-refractivity contribution >= 4 is 40.4 Å². The van der Waals surface area contributed by atoms with Crippen LogP contribution in [0.25, 0.3) is 0 Å². The number of hydrogen-bond donors (Lipinski definition) is 0. The summed E-state index contributed by atoms with van der Waals surface area (Å²) in [5.41, 5.74) is 1.63. The Balaban J connectivity index is 2.18. The Bertz CT molecular complexity index is 760. The van der Waals surface area contributed by atoms with Crippen molar-refractivity contribution in [2.75, 3.05) is 12.4 Å². The molecule has 1 unspecified atom stereocenters. The Morgan fingerprint density at radius 2 is 2.21 bits per heavy atom. The second-order valence-corrected chi connectivity index (χ2v) is 6.87. The molecule has 2 heterocycles. The molecule has 1 aromatic carbocycles. The monoisotopic (exact) mass is 364 g/mol. The van der Waals surface area contributed by atoms with Crippen LogP contribution < -0.4 is 0 Å². The molecule has 0 N–H and O–H groups in total. The fourth-order valence-electron chi connectivity index (χ4n) is 2.86. The number of carbonyl (C=O) groups excluding carboxylic acids is 2. The van der Waals surface area contributed by atoms with E-state index in [0.29, 0.717) is 39.2 Å². The van der Waals surface area contributed by atoms with Gasteiger partial charge in [-0.15, -0.1) is 0 Å². The first-order valence-corrected chi connectivity index (χ1v) is 9.06. The zero-order valence-electron chi connectivity index (χ0n) is 13.4. The SMILES string of the molecule is CCOC(=O)C1=C(C)N=C2SCCC(=O)N2C1c1ccccc1Cl. The van der Waals surface area contributed by atoms with E-state index in [0.717, 1.165) is 0 Å². The Labute approximate surface area is 149 Å². The van der Waals surface area contributed by atoms with Crippen LogP contribution in [0.1, 0.15) is 31.9 Å². The highest BCUT2D eigenvalue weighted by molar-refractivity contribution is 8.14. The minimum atomic E-state index is -0.606. The molecule has 0 bridgehead atoms. The van der Waals surface area contributed by atoms with Gasteiger partial charge < -0.3 is 4.74 Å². The topological polar surface area (TPSA) is 59.0 Å². The smallest absolute Gasteiger partial charge is 0.338 e. The van der Waals surface area contributed by atoms with Gasteiger partial charge in [0.25, 0.3) is 0 Å². The van der Waals surface area contributed by atoms with Crippen molar-refractivity contribution in [1.82, 2.24) is 4.90 Å². The van der Waals surface area contributed by atoms with Crippen LogP contribution in [0.5, 0.6) is 0 Å². The number of fused-ring (bicyclic) bond motifs is 1. The van der Waals surface area contributed by atoms with Crippen LogP contribution in [0.3, 0.4) is 0 Å². The number of hydrogen-bond acceptors (Lipinski definition) is 5. The first kappa shape index (κ1) is 17.0. The van der Waals surface area contributed by atoms with Crippen molar-refractivity contribution in [3.05, 3.63) is 46.1 Å². The van der Waals surface area contributed by atoms with Crippen molar-refractivity contribution in [3.63, 3.8) is 0 Å². The number of ether oxygens (including phenoxy) is 1. The molecule has 1 amide bonds. The number of halogens is 1. The molecule has 7 heteroatoms. The molecule has 1 saturated heterocycles. The molecule has 2 aliphatic rings. The maximum atomic E-state index is 12.6. The summed E-state index contributed by atoms with van der Waals surface area (Å²) in [6.45, 7) is 3.77. The zero-order chi connectivity index (χ0) is 17.3. The summed E-state index contributed by atoms with van der Waals surface area (Å²) < 4.78 is 5.20. The fraction of sp³-hybridized carbons (Fsp3) is 0.353. The molecule has 3 rings (SSSR count). The molecular weight excluding hydrogens is 348 g/mol. The maximum Gasteiger partial charge on any atom is 0.338 e. The van der Waals surface area contributed by atoms with E-state index in [2.05, 4.69) is 4.99 Å². The van der Waals surface area contributed by atoms with E-state index >= 15 is 0 Å². The van der Waals surface area contributed by atoms with E-state index < -0.39 is 12.0 Å². The highest BCUT2D eigenvalue weighted by Crippen LogP contribution is 2.42. The van der Waals surface area contributed by atoms with Gasteiger partial charge >= 0.3 is 5.97 Å². The third-order valence-corrected chi connectivity index (χ3v) is 5.20. The molecule has 0 aliphatic carbocycles. The first-order chi connectivity index (χ1) is 11.5. The molecule has 1 atom stereocenters. The second-order valence-electron chi connectivity index (χ2n) is 5.40. The minimum absolute atomic E-state index is 0.0632. The van der Waals surface area contributed by atoms with Crippen molar-refractivity contribution in [2.24, 2.45) is 4.99 Å². The van der Waals surface area contributed by atoms with Gasteiger partial charge in [0.05, 0.1) is 23.9 Å². The Hall–Kier alpha value is -1.79. The quantitative estimate of drug-likeness (QED) is 0.769. The number of rotatable bonds is 3. The zero-order valence-corrected chi connectivity index (χ0v) is 15.0. The summed E-state index contributed by atoms with van der Waals surface area (Å²) in [7, 11) is 0. The standard InChI is InChI=1S/C17H17ClN2O3S/c1-3-23-16(22)14-10(2)19-17-20(13(21)8-9-24-17)15(14)11-6-4-5-7-12(11)18/h4-7,15H,3,8-9H2,1-2H3. The van der Waals surface area contributed by atoms with Gasteiger partial charge in [0.15, 0.2) is 5.17 Å².